The van der Waals surface area contributed by atoms with Gasteiger partial charge in [0, 0.05) is 13.1 Å². The second-order valence-electron chi connectivity index (χ2n) is 4.21. The number of phenols is 1. The smallest absolute Gasteiger partial charge is 0.227 e. The molecule has 0 radical (unpaired) electrons. The molecule has 1 aromatic carbocycles. The summed E-state index contributed by atoms with van der Waals surface area (Å²) < 4.78 is 0. The minimum atomic E-state index is 0.0566. The molecule has 92 valence electrons. The molecule has 0 atom stereocenters. The van der Waals surface area contributed by atoms with Gasteiger partial charge in [0.25, 0.3) is 0 Å². The maximum absolute atomic E-state index is 12.0. The molecular weight excluding hydrogens is 214 g/mol. The Balaban J connectivity index is 2.67. The first kappa shape index (κ1) is 13.3. The van der Waals surface area contributed by atoms with Crippen LogP contribution in [0.5, 0.6) is 5.75 Å². The largest absolute Gasteiger partial charge is 0.508 e. The molecule has 17 heavy (non-hydrogen) atoms. The van der Waals surface area contributed by atoms with Crippen molar-refractivity contribution in [1.82, 2.24) is 4.90 Å². The van der Waals surface area contributed by atoms with Crippen LogP contribution in [0.25, 0.3) is 0 Å². The third kappa shape index (κ3) is 4.31. The van der Waals surface area contributed by atoms with Crippen molar-refractivity contribution in [3.8, 4) is 5.75 Å². The van der Waals surface area contributed by atoms with Crippen molar-refractivity contribution in [3.05, 3.63) is 42.0 Å². The summed E-state index contributed by atoms with van der Waals surface area (Å²) in [7, 11) is 0. The Morgan fingerprint density at radius 1 is 1.47 bits per heavy atom. The van der Waals surface area contributed by atoms with E-state index in [9.17, 15) is 9.90 Å². The topological polar surface area (TPSA) is 40.5 Å². The monoisotopic (exact) mass is 233 g/mol. The predicted octanol–water partition coefficient (Wildman–Crippen LogP) is 2.36. The summed E-state index contributed by atoms with van der Waals surface area (Å²) in [5.41, 5.74) is 1.80. The van der Waals surface area contributed by atoms with Gasteiger partial charge in [-0.05, 0) is 31.5 Å². The van der Waals surface area contributed by atoms with E-state index in [2.05, 4.69) is 6.58 Å². The summed E-state index contributed by atoms with van der Waals surface area (Å²) in [5, 5.41) is 9.33. The Morgan fingerprint density at radius 2 is 2.18 bits per heavy atom. The molecule has 0 aromatic heterocycles. The molecular formula is C14H19NO2. The lowest BCUT2D eigenvalue weighted by Gasteiger charge is -2.21. The molecule has 0 fully saturated rings. The Bertz CT molecular complexity index is 412. The minimum Gasteiger partial charge on any atom is -0.508 e. The maximum Gasteiger partial charge on any atom is 0.227 e. The molecule has 0 unspecified atom stereocenters. The highest BCUT2D eigenvalue weighted by Gasteiger charge is 2.12. The molecule has 1 aromatic rings. The van der Waals surface area contributed by atoms with Crippen LogP contribution in [-0.4, -0.2) is 29.0 Å². The Morgan fingerprint density at radius 3 is 2.71 bits per heavy atom. The van der Waals surface area contributed by atoms with Gasteiger partial charge in [0.1, 0.15) is 5.75 Å². The normalized spacial score (nSPS) is 10.0. The summed E-state index contributed by atoms with van der Waals surface area (Å²) >= 11 is 0. The van der Waals surface area contributed by atoms with Gasteiger partial charge in [-0.15, -0.1) is 0 Å². The van der Waals surface area contributed by atoms with Gasteiger partial charge >= 0.3 is 0 Å². The molecule has 1 amide bonds. The van der Waals surface area contributed by atoms with Crippen LogP contribution in [0, 0.1) is 0 Å². The van der Waals surface area contributed by atoms with E-state index in [0.717, 1.165) is 11.1 Å². The average Bonchev–Trinajstić information content (AvgIpc) is 2.25. The third-order valence-electron chi connectivity index (χ3n) is 2.46. The van der Waals surface area contributed by atoms with Crippen LogP contribution in [0.15, 0.2) is 36.4 Å². The predicted molar refractivity (Wildman–Crippen MR) is 68.9 cm³/mol. The highest BCUT2D eigenvalue weighted by molar-refractivity contribution is 5.79. The van der Waals surface area contributed by atoms with Gasteiger partial charge in [-0.2, -0.15) is 0 Å². The second kappa shape index (κ2) is 6.09. The number of hydrogen-bond acceptors (Lipinski definition) is 2. The SMILES string of the molecule is C=C(C)CN(CC)C(=O)Cc1cccc(O)c1. The van der Waals surface area contributed by atoms with E-state index in [1.54, 1.807) is 23.1 Å². The summed E-state index contributed by atoms with van der Waals surface area (Å²) in [5.74, 6) is 0.249. The number of hydrogen-bond donors (Lipinski definition) is 1. The Kier molecular flexibility index (Phi) is 4.76. The zero-order valence-electron chi connectivity index (χ0n) is 10.4. The van der Waals surface area contributed by atoms with E-state index in [4.69, 9.17) is 0 Å². The lowest BCUT2D eigenvalue weighted by atomic mass is 10.1. The number of likely N-dealkylation sites (N-methyl/N-ethyl adjacent to an activating group) is 1. The molecule has 0 aliphatic rings. The average molecular weight is 233 g/mol. The number of phenolic OH excluding ortho intramolecular Hbond substituents is 1. The molecule has 0 saturated heterocycles. The molecule has 0 aliphatic carbocycles. The lowest BCUT2D eigenvalue weighted by Crippen LogP contribution is -2.33. The van der Waals surface area contributed by atoms with Crippen LogP contribution in [0.3, 0.4) is 0 Å². The summed E-state index contributed by atoms with van der Waals surface area (Å²) in [6.07, 6.45) is 0.315. The van der Waals surface area contributed by atoms with Gasteiger partial charge < -0.3 is 10.0 Å². The van der Waals surface area contributed by atoms with E-state index in [1.807, 2.05) is 19.9 Å². The zero-order valence-corrected chi connectivity index (χ0v) is 10.4. The van der Waals surface area contributed by atoms with Gasteiger partial charge in [-0.25, -0.2) is 0 Å². The number of aromatic hydroxyl groups is 1. The summed E-state index contributed by atoms with van der Waals surface area (Å²) in [6.45, 7) is 8.93. The molecule has 0 heterocycles. The van der Waals surface area contributed by atoms with Crippen LogP contribution in [0.2, 0.25) is 0 Å². The van der Waals surface area contributed by atoms with E-state index in [1.165, 1.54) is 0 Å². The van der Waals surface area contributed by atoms with Gasteiger partial charge in [0.2, 0.25) is 5.91 Å². The van der Waals surface area contributed by atoms with Gasteiger partial charge in [-0.3, -0.25) is 4.79 Å². The van der Waals surface area contributed by atoms with Gasteiger partial charge in [0.05, 0.1) is 6.42 Å². The van der Waals surface area contributed by atoms with Crippen molar-refractivity contribution in [1.29, 1.82) is 0 Å². The highest BCUT2D eigenvalue weighted by Crippen LogP contribution is 2.12. The fraction of sp³-hybridized carbons (Fsp3) is 0.357. The van der Waals surface area contributed by atoms with Crippen LogP contribution in [0.4, 0.5) is 0 Å². The number of nitrogens with zero attached hydrogens (tertiary/aromatic N) is 1. The van der Waals surface area contributed by atoms with Gasteiger partial charge in [-0.1, -0.05) is 24.3 Å². The molecule has 3 heteroatoms. The fourth-order valence-corrected chi connectivity index (χ4v) is 1.66. The minimum absolute atomic E-state index is 0.0566. The molecule has 1 N–H and O–H groups in total. The Hall–Kier alpha value is -1.77. The summed E-state index contributed by atoms with van der Waals surface area (Å²) in [4.78, 5) is 13.7. The number of benzene rings is 1. The molecule has 1 rings (SSSR count). The van der Waals surface area contributed by atoms with Crippen LogP contribution < -0.4 is 0 Å². The molecule has 3 nitrogen and oxygen atoms in total. The number of rotatable bonds is 5. The fourth-order valence-electron chi connectivity index (χ4n) is 1.66. The van der Waals surface area contributed by atoms with Crippen molar-refractivity contribution < 1.29 is 9.90 Å². The van der Waals surface area contributed by atoms with E-state index in [0.29, 0.717) is 19.5 Å². The first-order valence-corrected chi connectivity index (χ1v) is 5.73. The van der Waals surface area contributed by atoms with Crippen molar-refractivity contribution in [3.63, 3.8) is 0 Å². The maximum atomic E-state index is 12.0. The van der Waals surface area contributed by atoms with Crippen molar-refractivity contribution in [2.45, 2.75) is 20.3 Å². The highest BCUT2D eigenvalue weighted by atomic mass is 16.3. The van der Waals surface area contributed by atoms with Crippen molar-refractivity contribution in [2.24, 2.45) is 0 Å². The second-order valence-corrected chi connectivity index (χ2v) is 4.21. The van der Waals surface area contributed by atoms with E-state index < -0.39 is 0 Å². The van der Waals surface area contributed by atoms with Gasteiger partial charge in [0.15, 0.2) is 0 Å². The lowest BCUT2D eigenvalue weighted by molar-refractivity contribution is -0.129. The number of carbonyl (C=O) groups is 1. The van der Waals surface area contributed by atoms with E-state index >= 15 is 0 Å². The standard InChI is InChI=1S/C14H19NO2/c1-4-15(10-11(2)3)14(17)9-12-6-5-7-13(16)8-12/h5-8,16H,2,4,9-10H2,1,3H3. The van der Waals surface area contributed by atoms with Crippen LogP contribution >= 0.6 is 0 Å². The molecule has 0 bridgehead atoms. The van der Waals surface area contributed by atoms with Crippen LogP contribution in [0.1, 0.15) is 19.4 Å². The molecule has 0 saturated carbocycles. The molecule has 0 spiro atoms. The number of carbonyl (C=O) groups excluding carboxylic acids is 1. The summed E-state index contributed by atoms with van der Waals surface area (Å²) in [6, 6.07) is 6.80. The van der Waals surface area contributed by atoms with E-state index in [-0.39, 0.29) is 11.7 Å². The van der Waals surface area contributed by atoms with Crippen molar-refractivity contribution in [2.75, 3.05) is 13.1 Å². The Labute approximate surface area is 102 Å². The van der Waals surface area contributed by atoms with Crippen molar-refractivity contribution >= 4 is 5.91 Å². The molecule has 0 aliphatic heterocycles. The number of amides is 1. The quantitative estimate of drug-likeness (QED) is 0.793. The third-order valence-corrected chi connectivity index (χ3v) is 2.46. The first-order valence-electron chi connectivity index (χ1n) is 5.73. The zero-order chi connectivity index (χ0) is 12.8. The first-order chi connectivity index (χ1) is 8.02. The van der Waals surface area contributed by atoms with Crippen LogP contribution in [-0.2, 0) is 11.2 Å².